The number of carbonyl (C=O) groups excluding carboxylic acids is 1. The maximum atomic E-state index is 11.0. The summed E-state index contributed by atoms with van der Waals surface area (Å²) in [6.45, 7) is -0.174. The van der Waals surface area contributed by atoms with E-state index in [9.17, 15) is 25.0 Å². The monoisotopic (exact) mass is 190 g/mol. The van der Waals surface area contributed by atoms with Crippen molar-refractivity contribution in [1.82, 2.24) is 10.0 Å². The van der Waals surface area contributed by atoms with E-state index in [-0.39, 0.29) is 29.5 Å². The molecule has 1 aliphatic heterocycles. The Labute approximate surface area is 71.8 Å². The summed E-state index contributed by atoms with van der Waals surface area (Å²) >= 11 is 0. The summed E-state index contributed by atoms with van der Waals surface area (Å²) in [4.78, 5) is 31.4. The van der Waals surface area contributed by atoms with Crippen LogP contribution in [0.2, 0.25) is 0 Å². The van der Waals surface area contributed by atoms with E-state index in [2.05, 4.69) is 0 Å². The van der Waals surface area contributed by atoms with Gasteiger partial charge in [-0.3, -0.25) is 0 Å². The Morgan fingerprint density at radius 3 is 1.77 bits per heavy atom. The summed E-state index contributed by atoms with van der Waals surface area (Å²) in [5, 5.41) is 19.0. The van der Waals surface area contributed by atoms with Gasteiger partial charge in [0, 0.05) is 0 Å². The molecule has 1 aliphatic rings. The molecule has 0 aromatic carbocycles. The molecule has 13 heavy (non-hydrogen) atoms. The number of urea groups is 1. The van der Waals surface area contributed by atoms with Crippen molar-refractivity contribution < 1.29 is 14.9 Å². The van der Waals surface area contributed by atoms with Gasteiger partial charge in [-0.05, 0) is 16.4 Å². The zero-order chi connectivity index (χ0) is 10.0. The van der Waals surface area contributed by atoms with Gasteiger partial charge >= 0.3 is 6.03 Å². The number of carbonyl (C=O) groups is 1. The van der Waals surface area contributed by atoms with Crippen molar-refractivity contribution >= 4 is 6.03 Å². The van der Waals surface area contributed by atoms with Crippen LogP contribution < -0.4 is 0 Å². The van der Waals surface area contributed by atoms with Gasteiger partial charge in [0.2, 0.25) is 0 Å². The minimum absolute atomic E-state index is 0.0871. The lowest BCUT2D eigenvalue weighted by atomic mass is 10.3. The third-order valence-electron chi connectivity index (χ3n) is 1.58. The third kappa shape index (κ3) is 1.63. The van der Waals surface area contributed by atoms with Gasteiger partial charge < -0.3 is 0 Å². The molecular formula is C4H6N4O5. The van der Waals surface area contributed by atoms with Gasteiger partial charge in [-0.15, -0.1) is 0 Å². The van der Waals surface area contributed by atoms with Crippen molar-refractivity contribution in [3.63, 3.8) is 0 Å². The van der Waals surface area contributed by atoms with E-state index in [4.69, 9.17) is 0 Å². The maximum Gasteiger partial charge on any atom is 0.435 e. The molecule has 0 bridgehead atoms. The number of rotatable bonds is 2. The first-order chi connectivity index (χ1) is 6.04. The van der Waals surface area contributed by atoms with Crippen LogP contribution in [0.3, 0.4) is 0 Å². The zero-order valence-corrected chi connectivity index (χ0v) is 6.45. The van der Waals surface area contributed by atoms with Crippen molar-refractivity contribution in [1.29, 1.82) is 0 Å². The van der Waals surface area contributed by atoms with E-state index in [1.54, 1.807) is 0 Å². The second-order valence-electron chi connectivity index (χ2n) is 2.36. The summed E-state index contributed by atoms with van der Waals surface area (Å²) < 4.78 is 0. The SMILES string of the molecule is O=C1N([N+](=O)[O-])CCCN1[N+](=O)[O-]. The van der Waals surface area contributed by atoms with E-state index in [1.165, 1.54) is 0 Å². The first kappa shape index (κ1) is 9.16. The van der Waals surface area contributed by atoms with Crippen LogP contribution in [-0.2, 0) is 0 Å². The van der Waals surface area contributed by atoms with E-state index >= 15 is 0 Å². The van der Waals surface area contributed by atoms with E-state index in [0.29, 0.717) is 0 Å². The summed E-state index contributed by atoms with van der Waals surface area (Å²) in [6.07, 6.45) is 0.216. The molecule has 0 saturated carbocycles. The van der Waals surface area contributed by atoms with Crippen LogP contribution in [-0.4, -0.2) is 39.2 Å². The molecule has 0 atom stereocenters. The fourth-order valence-corrected chi connectivity index (χ4v) is 0.998. The van der Waals surface area contributed by atoms with Gasteiger partial charge in [0.1, 0.15) is 0 Å². The molecule has 72 valence electrons. The van der Waals surface area contributed by atoms with Crippen LogP contribution in [0.4, 0.5) is 4.79 Å². The molecule has 0 radical (unpaired) electrons. The molecule has 0 aromatic rings. The average Bonchev–Trinajstić information content (AvgIpc) is 2.03. The number of nitrogens with zero attached hydrogens (tertiary/aromatic N) is 4. The standard InChI is InChI=1S/C4H6N4O5/c9-4-5(7(10)11)2-1-3-6(4)8(12)13/h1-3H2. The minimum Gasteiger partial charge on any atom is -0.237 e. The van der Waals surface area contributed by atoms with Gasteiger partial charge in [-0.1, -0.05) is 0 Å². The summed E-state index contributed by atoms with van der Waals surface area (Å²) in [7, 11) is 0. The Morgan fingerprint density at radius 2 is 1.46 bits per heavy atom. The van der Waals surface area contributed by atoms with Crippen molar-refractivity contribution in [3.8, 4) is 0 Å². The number of amides is 2. The number of nitro groups is 2. The largest absolute Gasteiger partial charge is 0.435 e. The highest BCUT2D eigenvalue weighted by Gasteiger charge is 2.40. The van der Waals surface area contributed by atoms with Crippen LogP contribution >= 0.6 is 0 Å². The fraction of sp³-hybridized carbons (Fsp3) is 0.750. The van der Waals surface area contributed by atoms with Crippen molar-refractivity contribution in [2.24, 2.45) is 0 Å². The lowest BCUT2D eigenvalue weighted by Gasteiger charge is -2.21. The van der Waals surface area contributed by atoms with Gasteiger partial charge in [-0.25, -0.2) is 25.0 Å². The predicted octanol–water partition coefficient (Wildman–Crippen LogP) is -0.502. The zero-order valence-electron chi connectivity index (χ0n) is 6.45. The number of hydrazine groups is 2. The molecule has 0 aliphatic carbocycles. The number of hydrogen-bond acceptors (Lipinski definition) is 5. The molecule has 1 heterocycles. The van der Waals surface area contributed by atoms with E-state index < -0.39 is 16.1 Å². The predicted molar refractivity (Wildman–Crippen MR) is 37.4 cm³/mol. The molecule has 1 saturated heterocycles. The van der Waals surface area contributed by atoms with Crippen LogP contribution in [0.5, 0.6) is 0 Å². The van der Waals surface area contributed by atoms with Gasteiger partial charge in [0.25, 0.3) is 0 Å². The molecule has 0 aromatic heterocycles. The van der Waals surface area contributed by atoms with Crippen molar-refractivity contribution in [2.75, 3.05) is 13.1 Å². The van der Waals surface area contributed by atoms with Gasteiger partial charge in [-0.2, -0.15) is 0 Å². The molecule has 1 fully saturated rings. The van der Waals surface area contributed by atoms with Crippen LogP contribution in [0.1, 0.15) is 6.42 Å². The van der Waals surface area contributed by atoms with Gasteiger partial charge in [0.05, 0.1) is 13.1 Å². The Balaban J connectivity index is 2.77. The molecule has 9 nitrogen and oxygen atoms in total. The normalized spacial score (nSPS) is 17.4. The van der Waals surface area contributed by atoms with Crippen molar-refractivity contribution in [2.45, 2.75) is 6.42 Å². The first-order valence-corrected chi connectivity index (χ1v) is 3.41. The smallest absolute Gasteiger partial charge is 0.237 e. The van der Waals surface area contributed by atoms with Gasteiger partial charge in [0.15, 0.2) is 10.1 Å². The second kappa shape index (κ2) is 3.21. The molecule has 2 amide bonds. The van der Waals surface area contributed by atoms with Crippen LogP contribution in [0.15, 0.2) is 0 Å². The Hall–Kier alpha value is -1.93. The Kier molecular flexibility index (Phi) is 2.26. The summed E-state index contributed by atoms with van der Waals surface area (Å²) in [5.74, 6) is 0. The Morgan fingerprint density at radius 1 is 1.08 bits per heavy atom. The van der Waals surface area contributed by atoms with E-state index in [0.717, 1.165) is 0 Å². The molecule has 0 unspecified atom stereocenters. The number of hydrogen-bond donors (Lipinski definition) is 0. The quantitative estimate of drug-likeness (QED) is 0.430. The third-order valence-corrected chi connectivity index (χ3v) is 1.58. The maximum absolute atomic E-state index is 11.0. The fourth-order valence-electron chi connectivity index (χ4n) is 0.998. The highest BCUT2D eigenvalue weighted by atomic mass is 16.7. The van der Waals surface area contributed by atoms with Crippen molar-refractivity contribution in [3.05, 3.63) is 20.2 Å². The molecule has 9 heteroatoms. The topological polar surface area (TPSA) is 110 Å². The summed E-state index contributed by atoms with van der Waals surface area (Å²) in [6, 6.07) is -1.19. The van der Waals surface area contributed by atoms with E-state index in [1.807, 2.05) is 0 Å². The molecule has 0 N–H and O–H groups in total. The Bertz CT molecular complexity index is 241. The van der Waals surface area contributed by atoms with Crippen LogP contribution in [0.25, 0.3) is 0 Å². The average molecular weight is 190 g/mol. The molecule has 1 rings (SSSR count). The molecule has 0 spiro atoms. The highest BCUT2D eigenvalue weighted by molar-refractivity contribution is 5.72. The first-order valence-electron chi connectivity index (χ1n) is 3.41. The van der Waals surface area contributed by atoms with Crippen LogP contribution in [0, 0.1) is 20.2 Å². The second-order valence-corrected chi connectivity index (χ2v) is 2.36. The minimum atomic E-state index is -1.19. The molecular weight excluding hydrogens is 184 g/mol. The lowest BCUT2D eigenvalue weighted by molar-refractivity contribution is -0.674. The highest BCUT2D eigenvalue weighted by Crippen LogP contribution is 2.08. The lowest BCUT2D eigenvalue weighted by Crippen LogP contribution is -2.53. The summed E-state index contributed by atoms with van der Waals surface area (Å²) in [5.41, 5.74) is 0.